The molecule has 3 aromatic rings. The number of likely N-dealkylation sites (tertiary alicyclic amines) is 1. The van der Waals surface area contributed by atoms with E-state index in [4.69, 9.17) is 11.6 Å². The molecule has 3 heterocycles. The number of piperidine rings is 1. The van der Waals surface area contributed by atoms with Crippen LogP contribution < -0.4 is 5.56 Å². The van der Waals surface area contributed by atoms with Gasteiger partial charge >= 0.3 is 5.97 Å². The van der Waals surface area contributed by atoms with Crippen LogP contribution in [0.5, 0.6) is 0 Å². The maximum absolute atomic E-state index is 12.9. The van der Waals surface area contributed by atoms with Crippen LogP contribution in [0, 0.1) is 5.92 Å². The average molecular weight is 506 g/mol. The maximum atomic E-state index is 12.9. The minimum absolute atomic E-state index is 0.159. The molecule has 7 heteroatoms. The first-order valence-corrected chi connectivity index (χ1v) is 13.5. The highest BCUT2D eigenvalue weighted by atomic mass is 35.5. The number of nitrogens with zero attached hydrogens (tertiary/aromatic N) is 3. The summed E-state index contributed by atoms with van der Waals surface area (Å²) in [7, 11) is 0. The molecule has 188 valence electrons. The molecule has 6 nitrogen and oxygen atoms in total. The molecule has 6 rings (SSSR count). The summed E-state index contributed by atoms with van der Waals surface area (Å²) in [5.41, 5.74) is 3.78. The van der Waals surface area contributed by atoms with Gasteiger partial charge in [-0.1, -0.05) is 29.8 Å². The van der Waals surface area contributed by atoms with E-state index in [0.29, 0.717) is 22.4 Å². The van der Waals surface area contributed by atoms with E-state index in [1.54, 1.807) is 6.07 Å². The van der Waals surface area contributed by atoms with Gasteiger partial charge in [0.15, 0.2) is 0 Å². The van der Waals surface area contributed by atoms with Crippen molar-refractivity contribution in [3.63, 3.8) is 0 Å². The topological polar surface area (TPSA) is 75.4 Å². The van der Waals surface area contributed by atoms with Gasteiger partial charge in [-0.2, -0.15) is 4.98 Å². The van der Waals surface area contributed by atoms with Crippen molar-refractivity contribution < 1.29 is 9.90 Å². The van der Waals surface area contributed by atoms with Gasteiger partial charge in [-0.3, -0.25) is 14.2 Å². The van der Waals surface area contributed by atoms with Crippen LogP contribution in [0.2, 0.25) is 5.02 Å². The highest BCUT2D eigenvalue weighted by Crippen LogP contribution is 2.45. The van der Waals surface area contributed by atoms with E-state index < -0.39 is 5.97 Å². The van der Waals surface area contributed by atoms with E-state index in [1.807, 2.05) is 12.1 Å². The minimum Gasteiger partial charge on any atom is -0.481 e. The van der Waals surface area contributed by atoms with Crippen LogP contribution in [0.15, 0.2) is 41.2 Å². The smallest absolute Gasteiger partial charge is 0.306 e. The fourth-order valence-electron chi connectivity index (χ4n) is 6.81. The third-order valence-electron chi connectivity index (χ3n) is 8.92. The van der Waals surface area contributed by atoms with E-state index in [-0.39, 0.29) is 16.9 Å². The molecule has 2 aliphatic heterocycles. The summed E-state index contributed by atoms with van der Waals surface area (Å²) in [5, 5.41) is 10.2. The zero-order valence-corrected chi connectivity index (χ0v) is 21.6. The van der Waals surface area contributed by atoms with Crippen LogP contribution >= 0.6 is 11.6 Å². The summed E-state index contributed by atoms with van der Waals surface area (Å²) < 4.78 is 2.14. The largest absolute Gasteiger partial charge is 0.481 e. The second-order valence-corrected chi connectivity index (χ2v) is 11.7. The van der Waals surface area contributed by atoms with Gasteiger partial charge in [0.1, 0.15) is 5.82 Å². The first-order chi connectivity index (χ1) is 17.3. The molecular formula is C29H32ClN3O3. The number of hydrogen-bond donors (Lipinski definition) is 1. The summed E-state index contributed by atoms with van der Waals surface area (Å²) in [6.45, 7) is 6.37. The van der Waals surface area contributed by atoms with E-state index in [2.05, 4.69) is 46.5 Å². The van der Waals surface area contributed by atoms with Crippen LogP contribution in [-0.2, 0) is 10.2 Å². The lowest BCUT2D eigenvalue weighted by molar-refractivity contribution is -0.143. The monoisotopic (exact) mass is 505 g/mol. The van der Waals surface area contributed by atoms with Crippen molar-refractivity contribution in [2.24, 2.45) is 5.92 Å². The van der Waals surface area contributed by atoms with Crippen molar-refractivity contribution in [3.05, 3.63) is 68.7 Å². The molecule has 0 spiro atoms. The number of hydrogen-bond acceptors (Lipinski definition) is 4. The number of carboxylic acids is 1. The summed E-state index contributed by atoms with van der Waals surface area (Å²) in [6, 6.07) is 12.9. The number of rotatable bonds is 3. The summed E-state index contributed by atoms with van der Waals surface area (Å²) in [5.74, 6) is 0.452. The predicted molar refractivity (Wildman–Crippen MR) is 141 cm³/mol. The van der Waals surface area contributed by atoms with Gasteiger partial charge in [0, 0.05) is 6.04 Å². The Morgan fingerprint density at radius 2 is 1.78 bits per heavy atom. The fraction of sp³-hybridized carbons (Fsp3) is 0.483. The number of fused-ring (bicyclic) bond motifs is 5. The SMILES string of the molecule is CC1(C)c2ccc(C3CCN(C4CCC(C(=O)O)CC4)CC3)cc2-n2c1nc(=O)c1c(Cl)cccc12. The Balaban J connectivity index is 1.28. The third-order valence-corrected chi connectivity index (χ3v) is 9.24. The molecular weight excluding hydrogens is 474 g/mol. The first-order valence-electron chi connectivity index (χ1n) is 13.1. The molecule has 2 aromatic carbocycles. The molecule has 1 saturated carbocycles. The van der Waals surface area contributed by atoms with Gasteiger partial charge in [-0.05, 0) is 101 Å². The summed E-state index contributed by atoms with van der Waals surface area (Å²) >= 11 is 6.43. The molecule has 1 saturated heterocycles. The van der Waals surface area contributed by atoms with Crippen LogP contribution in [0.25, 0.3) is 16.6 Å². The number of halogens is 1. The summed E-state index contributed by atoms with van der Waals surface area (Å²) in [6.07, 6.45) is 5.79. The van der Waals surface area contributed by atoms with Gasteiger partial charge < -0.3 is 10.0 Å². The highest BCUT2D eigenvalue weighted by Gasteiger charge is 2.39. The lowest BCUT2D eigenvalue weighted by Gasteiger charge is -2.40. The van der Waals surface area contributed by atoms with Crippen LogP contribution in [0.1, 0.15) is 75.2 Å². The quantitative estimate of drug-likeness (QED) is 0.508. The van der Waals surface area contributed by atoms with E-state index in [0.717, 1.165) is 68.6 Å². The standard InChI is InChI=1S/C29H32ClN3O3/c1-29(2)21-11-8-19(17-12-14-32(15-13-17)20-9-6-18(7-10-20)27(35)36)16-24(21)33-23-5-3-4-22(30)25(23)26(34)31-28(29)33/h3-5,8,11,16-18,20H,6-7,9-10,12-15H2,1-2H3,(H,35,36). The lowest BCUT2D eigenvalue weighted by atomic mass is 9.81. The van der Waals surface area contributed by atoms with Crippen LogP contribution in [0.4, 0.5) is 0 Å². The van der Waals surface area contributed by atoms with Crippen molar-refractivity contribution in [2.75, 3.05) is 13.1 Å². The van der Waals surface area contributed by atoms with E-state index >= 15 is 0 Å². The minimum atomic E-state index is -0.636. The Kier molecular flexibility index (Phi) is 5.73. The molecule has 1 N–H and O–H groups in total. The van der Waals surface area contributed by atoms with Gasteiger partial charge in [-0.15, -0.1) is 0 Å². The zero-order chi connectivity index (χ0) is 25.2. The molecule has 0 atom stereocenters. The first kappa shape index (κ1) is 23.7. The zero-order valence-electron chi connectivity index (χ0n) is 20.8. The lowest BCUT2D eigenvalue weighted by Crippen LogP contribution is -2.43. The summed E-state index contributed by atoms with van der Waals surface area (Å²) in [4.78, 5) is 31.3. The molecule has 0 amide bonds. The molecule has 0 unspecified atom stereocenters. The second-order valence-electron chi connectivity index (χ2n) is 11.3. The van der Waals surface area contributed by atoms with E-state index in [1.165, 1.54) is 11.1 Å². The number of aromatic nitrogens is 2. The van der Waals surface area contributed by atoms with Crippen molar-refractivity contribution >= 4 is 28.5 Å². The van der Waals surface area contributed by atoms with Gasteiger partial charge in [-0.25, -0.2) is 0 Å². The predicted octanol–water partition coefficient (Wildman–Crippen LogP) is 5.50. The van der Waals surface area contributed by atoms with Gasteiger partial charge in [0.05, 0.1) is 32.9 Å². The number of carboxylic acid groups (broad SMARTS) is 1. The molecule has 0 radical (unpaired) electrons. The van der Waals surface area contributed by atoms with Crippen molar-refractivity contribution in [2.45, 2.75) is 69.7 Å². The van der Waals surface area contributed by atoms with Gasteiger partial charge in [0.25, 0.3) is 5.56 Å². The van der Waals surface area contributed by atoms with Gasteiger partial charge in [0.2, 0.25) is 0 Å². The number of benzene rings is 2. The van der Waals surface area contributed by atoms with Crippen molar-refractivity contribution in [1.29, 1.82) is 0 Å². The average Bonchev–Trinajstić information content (AvgIpc) is 3.10. The van der Waals surface area contributed by atoms with Crippen molar-refractivity contribution in [3.8, 4) is 5.69 Å². The molecule has 1 aromatic heterocycles. The normalized spacial score (nSPS) is 24.0. The molecule has 3 aliphatic rings. The molecule has 36 heavy (non-hydrogen) atoms. The molecule has 0 bridgehead atoms. The Bertz CT molecular complexity index is 1410. The van der Waals surface area contributed by atoms with Crippen LogP contribution in [-0.4, -0.2) is 44.7 Å². The van der Waals surface area contributed by atoms with E-state index in [9.17, 15) is 14.7 Å². The maximum Gasteiger partial charge on any atom is 0.306 e. The Morgan fingerprint density at radius 1 is 1.06 bits per heavy atom. The second kappa shape index (κ2) is 8.70. The van der Waals surface area contributed by atoms with Crippen LogP contribution in [0.3, 0.4) is 0 Å². The highest BCUT2D eigenvalue weighted by molar-refractivity contribution is 6.35. The number of carbonyl (C=O) groups is 1. The fourth-order valence-corrected chi connectivity index (χ4v) is 7.06. The molecule has 2 fully saturated rings. The van der Waals surface area contributed by atoms with Crippen molar-refractivity contribution in [1.82, 2.24) is 14.5 Å². The molecule has 1 aliphatic carbocycles. The third kappa shape index (κ3) is 3.69. The number of aliphatic carboxylic acids is 1. The Hall–Kier alpha value is -2.70. The Morgan fingerprint density at radius 3 is 2.47 bits per heavy atom. The Labute approximate surface area is 215 Å².